The van der Waals surface area contributed by atoms with E-state index in [1.165, 1.54) is 12.1 Å². The van der Waals surface area contributed by atoms with Crippen LogP contribution in [0.25, 0.3) is 22.3 Å². The molecule has 0 spiro atoms. The largest absolute Gasteiger partial charge is 0.432 e. The molecule has 8 heteroatoms. The van der Waals surface area contributed by atoms with Gasteiger partial charge in [-0.05, 0) is 60.2 Å². The summed E-state index contributed by atoms with van der Waals surface area (Å²) in [6.07, 6.45) is -0.351. The lowest BCUT2D eigenvalue weighted by atomic mass is 9.97. The maximum atomic E-state index is 15.0. The van der Waals surface area contributed by atoms with Crippen LogP contribution in [-0.2, 0) is 12.5 Å². The van der Waals surface area contributed by atoms with E-state index in [1.54, 1.807) is 6.07 Å². The summed E-state index contributed by atoms with van der Waals surface area (Å²) >= 11 is 0. The molecule has 0 atom stereocenters. The van der Waals surface area contributed by atoms with Crippen molar-refractivity contribution < 1.29 is 35.5 Å². The maximum absolute atomic E-state index is 15.0. The van der Waals surface area contributed by atoms with E-state index in [2.05, 4.69) is 11.7 Å². The van der Waals surface area contributed by atoms with Crippen LogP contribution in [-0.4, -0.2) is 0 Å². The van der Waals surface area contributed by atoms with Crippen molar-refractivity contribution in [2.24, 2.45) is 0 Å². The van der Waals surface area contributed by atoms with Crippen molar-refractivity contribution in [2.45, 2.75) is 45.6 Å². The number of halogens is 7. The molecule has 0 aliphatic rings. The SMILES string of the molecule is CCCCCc1ccc(-c2ccc(-c3cc(F)c(C(F)(F)Oc4cc(F)c(C)c(F)c4)c(F)c3)c(F)c2)cc1. The fourth-order valence-corrected chi connectivity index (χ4v) is 4.26. The second-order valence-electron chi connectivity index (χ2n) is 9.29. The summed E-state index contributed by atoms with van der Waals surface area (Å²) in [7, 11) is 0. The lowest BCUT2D eigenvalue weighted by Crippen LogP contribution is -2.25. The minimum absolute atomic E-state index is 0.203. The fraction of sp³-hybridized carbons (Fsp3) is 0.226. The quantitative estimate of drug-likeness (QED) is 0.150. The van der Waals surface area contributed by atoms with Crippen molar-refractivity contribution in [3.05, 3.63) is 113 Å². The van der Waals surface area contributed by atoms with Crippen molar-refractivity contribution in [3.8, 4) is 28.0 Å². The molecule has 0 fully saturated rings. The van der Waals surface area contributed by atoms with E-state index in [0.717, 1.165) is 43.7 Å². The second-order valence-corrected chi connectivity index (χ2v) is 9.29. The van der Waals surface area contributed by atoms with Gasteiger partial charge in [0.15, 0.2) is 0 Å². The average molecular weight is 547 g/mol. The molecule has 0 heterocycles. The summed E-state index contributed by atoms with van der Waals surface area (Å²) in [6, 6.07) is 13.8. The van der Waals surface area contributed by atoms with Gasteiger partial charge < -0.3 is 4.74 Å². The van der Waals surface area contributed by atoms with Gasteiger partial charge in [-0.3, -0.25) is 0 Å². The second kappa shape index (κ2) is 11.5. The lowest BCUT2D eigenvalue weighted by Gasteiger charge is -2.20. The molecule has 204 valence electrons. The molecule has 0 amide bonds. The maximum Gasteiger partial charge on any atom is 0.432 e. The summed E-state index contributed by atoms with van der Waals surface area (Å²) in [5.74, 6) is -7.54. The minimum atomic E-state index is -4.62. The van der Waals surface area contributed by atoms with Crippen LogP contribution < -0.4 is 4.74 Å². The first-order valence-corrected chi connectivity index (χ1v) is 12.4. The standard InChI is InChI=1S/C31H25F7O/c1-3-4-5-6-19-7-9-20(10-8-19)21-11-12-24(27(34)13-21)22-14-28(35)30(29(36)15-22)31(37,38)39-23-16-25(32)18(2)26(33)17-23/h7-17H,3-6H2,1-2H3. The Morgan fingerprint density at radius 2 is 1.21 bits per heavy atom. The van der Waals surface area contributed by atoms with Crippen LogP contribution in [0.2, 0.25) is 0 Å². The molecule has 0 aliphatic carbocycles. The average Bonchev–Trinajstić information content (AvgIpc) is 2.87. The summed E-state index contributed by atoms with van der Waals surface area (Å²) < 4.78 is 106. The van der Waals surface area contributed by atoms with Gasteiger partial charge in [0, 0.05) is 23.3 Å². The van der Waals surface area contributed by atoms with E-state index in [4.69, 9.17) is 0 Å². The number of hydrogen-bond acceptors (Lipinski definition) is 1. The van der Waals surface area contributed by atoms with Crippen LogP contribution in [0.5, 0.6) is 5.75 Å². The normalized spacial score (nSPS) is 11.6. The van der Waals surface area contributed by atoms with Crippen molar-refractivity contribution in [2.75, 3.05) is 0 Å². The number of alkyl halides is 2. The van der Waals surface area contributed by atoms with E-state index >= 15 is 4.39 Å². The number of benzene rings is 4. The van der Waals surface area contributed by atoms with Gasteiger partial charge in [0.1, 0.15) is 40.4 Å². The molecule has 4 rings (SSSR count). The minimum Gasteiger partial charge on any atom is -0.429 e. The molecule has 0 N–H and O–H groups in total. The van der Waals surface area contributed by atoms with Crippen LogP contribution in [0.15, 0.2) is 66.7 Å². The van der Waals surface area contributed by atoms with Gasteiger partial charge in [-0.1, -0.05) is 56.2 Å². The number of aryl methyl sites for hydroxylation is 1. The van der Waals surface area contributed by atoms with Crippen molar-refractivity contribution >= 4 is 0 Å². The first-order chi connectivity index (χ1) is 18.5. The van der Waals surface area contributed by atoms with Gasteiger partial charge in [0.05, 0.1) is 0 Å². The van der Waals surface area contributed by atoms with E-state index in [0.29, 0.717) is 29.8 Å². The van der Waals surface area contributed by atoms with Gasteiger partial charge in [-0.25, -0.2) is 22.0 Å². The Labute approximate surface area is 221 Å². The molecule has 0 unspecified atom stereocenters. The van der Waals surface area contributed by atoms with Gasteiger partial charge in [-0.2, -0.15) is 8.78 Å². The Bertz CT molecular complexity index is 1430. The molecule has 0 radical (unpaired) electrons. The topological polar surface area (TPSA) is 9.23 Å². The third kappa shape index (κ3) is 6.27. The molecule has 1 nitrogen and oxygen atoms in total. The van der Waals surface area contributed by atoms with Crippen molar-refractivity contribution in [1.29, 1.82) is 0 Å². The first-order valence-electron chi connectivity index (χ1n) is 12.4. The molecule has 0 saturated carbocycles. The third-order valence-electron chi connectivity index (χ3n) is 6.47. The predicted octanol–water partition coefficient (Wildman–Crippen LogP) is 9.89. The van der Waals surface area contributed by atoms with Gasteiger partial charge >= 0.3 is 6.11 Å². The number of rotatable bonds is 9. The molecule has 0 bridgehead atoms. The third-order valence-corrected chi connectivity index (χ3v) is 6.47. The molecular weight excluding hydrogens is 521 g/mol. The number of ether oxygens (including phenoxy) is 1. The Balaban J connectivity index is 1.58. The Hall–Kier alpha value is -3.81. The lowest BCUT2D eigenvalue weighted by molar-refractivity contribution is -0.189. The zero-order valence-electron chi connectivity index (χ0n) is 21.2. The molecule has 4 aromatic rings. The van der Waals surface area contributed by atoms with Gasteiger partial charge in [-0.15, -0.1) is 0 Å². The molecule has 4 aromatic carbocycles. The molecular formula is C31H25F7O. The van der Waals surface area contributed by atoms with E-state index < -0.39 is 52.1 Å². The van der Waals surface area contributed by atoms with Crippen LogP contribution in [0.3, 0.4) is 0 Å². The fourth-order valence-electron chi connectivity index (χ4n) is 4.26. The van der Waals surface area contributed by atoms with Crippen LogP contribution in [0.4, 0.5) is 30.7 Å². The summed E-state index contributed by atoms with van der Waals surface area (Å²) in [4.78, 5) is 0. The summed E-state index contributed by atoms with van der Waals surface area (Å²) in [5.41, 5.74) is -0.282. The van der Waals surface area contributed by atoms with Crippen LogP contribution in [0.1, 0.15) is 42.9 Å². The van der Waals surface area contributed by atoms with E-state index in [9.17, 15) is 26.3 Å². The molecule has 39 heavy (non-hydrogen) atoms. The monoisotopic (exact) mass is 546 g/mol. The summed E-state index contributed by atoms with van der Waals surface area (Å²) in [5, 5.41) is 0. The highest BCUT2D eigenvalue weighted by atomic mass is 19.3. The number of hydrogen-bond donors (Lipinski definition) is 0. The molecule has 0 aliphatic heterocycles. The highest BCUT2D eigenvalue weighted by Crippen LogP contribution is 2.38. The van der Waals surface area contributed by atoms with Gasteiger partial charge in [0.2, 0.25) is 0 Å². The zero-order chi connectivity index (χ0) is 28.3. The van der Waals surface area contributed by atoms with E-state index in [1.807, 2.05) is 24.3 Å². The highest BCUT2D eigenvalue weighted by Gasteiger charge is 2.41. The predicted molar refractivity (Wildman–Crippen MR) is 136 cm³/mol. The Kier molecular flexibility index (Phi) is 8.33. The van der Waals surface area contributed by atoms with Gasteiger partial charge in [0.25, 0.3) is 0 Å². The van der Waals surface area contributed by atoms with Crippen molar-refractivity contribution in [1.82, 2.24) is 0 Å². The Morgan fingerprint density at radius 3 is 1.77 bits per heavy atom. The zero-order valence-corrected chi connectivity index (χ0v) is 21.2. The first kappa shape index (κ1) is 28.2. The van der Waals surface area contributed by atoms with Crippen LogP contribution >= 0.6 is 0 Å². The Morgan fingerprint density at radius 1 is 0.641 bits per heavy atom. The summed E-state index contributed by atoms with van der Waals surface area (Å²) in [6.45, 7) is 3.21. The molecule has 0 saturated heterocycles. The highest BCUT2D eigenvalue weighted by molar-refractivity contribution is 5.71. The smallest absolute Gasteiger partial charge is 0.429 e. The van der Waals surface area contributed by atoms with Crippen molar-refractivity contribution in [3.63, 3.8) is 0 Å². The molecule has 0 aromatic heterocycles. The number of unbranched alkanes of at least 4 members (excludes halogenated alkanes) is 2. The van der Waals surface area contributed by atoms with Crippen LogP contribution in [0, 0.1) is 36.0 Å². The van der Waals surface area contributed by atoms with E-state index in [-0.39, 0.29) is 11.1 Å².